The van der Waals surface area contributed by atoms with E-state index in [9.17, 15) is 4.79 Å². The van der Waals surface area contributed by atoms with E-state index in [4.69, 9.17) is 17.0 Å². The van der Waals surface area contributed by atoms with Gasteiger partial charge in [0.15, 0.2) is 5.11 Å². The number of hydrogen-bond donors (Lipinski definition) is 2. The van der Waals surface area contributed by atoms with Gasteiger partial charge in [-0.2, -0.15) is 0 Å². The highest BCUT2D eigenvalue weighted by Crippen LogP contribution is 2.34. The van der Waals surface area contributed by atoms with Crippen molar-refractivity contribution in [3.63, 3.8) is 0 Å². The quantitative estimate of drug-likeness (QED) is 0.641. The van der Waals surface area contributed by atoms with Gasteiger partial charge >= 0.3 is 5.97 Å². The Balaban J connectivity index is 2.40. The zero-order valence-corrected chi connectivity index (χ0v) is 13.7. The van der Waals surface area contributed by atoms with Crippen molar-refractivity contribution in [1.82, 2.24) is 10.6 Å². The second kappa shape index (κ2) is 6.02. The van der Waals surface area contributed by atoms with Crippen molar-refractivity contribution < 1.29 is 9.53 Å². The van der Waals surface area contributed by atoms with Crippen molar-refractivity contribution in [2.75, 3.05) is 6.61 Å². The van der Waals surface area contributed by atoms with Crippen molar-refractivity contribution in [1.29, 1.82) is 0 Å². The molecule has 0 saturated heterocycles. The molecule has 19 heavy (non-hydrogen) atoms. The van der Waals surface area contributed by atoms with Crippen LogP contribution in [0.15, 0.2) is 27.2 Å². The van der Waals surface area contributed by atoms with E-state index in [-0.39, 0.29) is 12.0 Å². The van der Waals surface area contributed by atoms with Crippen molar-refractivity contribution in [3.05, 3.63) is 32.1 Å². The minimum atomic E-state index is -0.322. The molecule has 102 valence electrons. The van der Waals surface area contributed by atoms with E-state index in [2.05, 4.69) is 26.6 Å². The smallest absolute Gasteiger partial charge is 0.338 e. The maximum Gasteiger partial charge on any atom is 0.338 e. The number of halogens is 1. The van der Waals surface area contributed by atoms with Gasteiger partial charge < -0.3 is 15.4 Å². The van der Waals surface area contributed by atoms with E-state index in [0.29, 0.717) is 17.3 Å². The van der Waals surface area contributed by atoms with Crippen LogP contribution < -0.4 is 10.6 Å². The average molecular weight is 361 g/mol. The van der Waals surface area contributed by atoms with Crippen LogP contribution in [0.4, 0.5) is 0 Å². The number of hydrogen-bond acceptors (Lipinski definition) is 4. The lowest BCUT2D eigenvalue weighted by atomic mass is 10.0. The third-order valence-corrected chi connectivity index (χ3v) is 4.55. The highest BCUT2D eigenvalue weighted by Gasteiger charge is 2.31. The number of nitrogens with one attached hydrogen (secondary N) is 2. The molecule has 1 aromatic heterocycles. The molecule has 1 aliphatic heterocycles. The molecule has 0 aromatic carbocycles. The minimum absolute atomic E-state index is 0.260. The molecule has 1 aromatic rings. The van der Waals surface area contributed by atoms with Gasteiger partial charge in [-0.25, -0.2) is 4.79 Å². The van der Waals surface area contributed by atoms with Crippen LogP contribution in [-0.2, 0) is 9.53 Å². The second-order valence-electron chi connectivity index (χ2n) is 3.93. The molecule has 0 unspecified atom stereocenters. The van der Waals surface area contributed by atoms with Crippen LogP contribution in [0, 0.1) is 0 Å². The summed E-state index contributed by atoms with van der Waals surface area (Å²) in [5, 5.41) is 6.60. The molecule has 0 aliphatic carbocycles. The molecular weight excluding hydrogens is 348 g/mol. The Morgan fingerprint density at radius 2 is 2.32 bits per heavy atom. The van der Waals surface area contributed by atoms with E-state index in [1.165, 1.54) is 0 Å². The zero-order valence-electron chi connectivity index (χ0n) is 10.5. The summed E-state index contributed by atoms with van der Waals surface area (Å²) in [4.78, 5) is 13.1. The van der Waals surface area contributed by atoms with Gasteiger partial charge in [-0.1, -0.05) is 0 Å². The number of carbonyl (C=O) groups excluding carboxylic acids is 1. The van der Waals surface area contributed by atoms with E-state index >= 15 is 0 Å². The lowest BCUT2D eigenvalue weighted by Gasteiger charge is -2.28. The van der Waals surface area contributed by atoms with Crippen LogP contribution in [-0.4, -0.2) is 17.7 Å². The molecule has 0 fully saturated rings. The molecular formula is C12H13BrN2O2S2. The van der Waals surface area contributed by atoms with Crippen LogP contribution in [0.25, 0.3) is 0 Å². The van der Waals surface area contributed by atoms with Gasteiger partial charge in [0.1, 0.15) is 0 Å². The summed E-state index contributed by atoms with van der Waals surface area (Å²) < 4.78 is 6.13. The van der Waals surface area contributed by atoms with Gasteiger partial charge in [0.05, 0.1) is 22.0 Å². The molecule has 1 aliphatic rings. The van der Waals surface area contributed by atoms with E-state index in [0.717, 1.165) is 14.4 Å². The summed E-state index contributed by atoms with van der Waals surface area (Å²) in [6, 6.07) is 3.65. The number of rotatable bonds is 3. The maximum atomic E-state index is 12.1. The summed E-state index contributed by atoms with van der Waals surface area (Å²) in [7, 11) is 0. The number of ether oxygens (including phenoxy) is 1. The van der Waals surface area contributed by atoms with Crippen molar-refractivity contribution in [3.8, 4) is 0 Å². The lowest BCUT2D eigenvalue weighted by molar-refractivity contribution is -0.139. The fourth-order valence-corrected chi connectivity index (χ4v) is 3.63. The standard InChI is InChI=1S/C12H13BrN2O2S2/c1-3-17-11(16)9-6(2)14-12(18)15-10(9)7-4-5-8(13)19-7/h4-5,10H,3H2,1-2H3,(H2,14,15,18)/t10-/m0/s1. The highest BCUT2D eigenvalue weighted by molar-refractivity contribution is 9.11. The Labute approximate surface area is 129 Å². The fourth-order valence-electron chi connectivity index (χ4n) is 1.87. The van der Waals surface area contributed by atoms with Gasteiger partial charge in [-0.15, -0.1) is 11.3 Å². The SMILES string of the molecule is CCOC(=O)C1=C(C)NC(=S)N[C@H]1c1ccc(Br)s1. The normalized spacial score (nSPS) is 18.9. The molecule has 4 nitrogen and oxygen atoms in total. The van der Waals surface area contributed by atoms with E-state index < -0.39 is 0 Å². The van der Waals surface area contributed by atoms with Gasteiger partial charge in [-0.05, 0) is 54.1 Å². The third-order valence-electron chi connectivity index (χ3n) is 2.64. The fraction of sp³-hybridized carbons (Fsp3) is 0.333. The molecule has 0 spiro atoms. The van der Waals surface area contributed by atoms with Crippen LogP contribution in [0.5, 0.6) is 0 Å². The number of thiocarbonyl (C=S) groups is 1. The van der Waals surface area contributed by atoms with Crippen LogP contribution in [0.3, 0.4) is 0 Å². The maximum absolute atomic E-state index is 12.1. The Morgan fingerprint density at radius 1 is 1.58 bits per heavy atom. The molecule has 2 N–H and O–H groups in total. The number of allylic oxidation sites excluding steroid dienone is 1. The van der Waals surface area contributed by atoms with E-state index in [1.807, 2.05) is 19.1 Å². The first kappa shape index (κ1) is 14.5. The molecule has 0 amide bonds. The first-order chi connectivity index (χ1) is 9.02. The molecule has 0 saturated carbocycles. The van der Waals surface area contributed by atoms with Gasteiger partial charge in [0.2, 0.25) is 0 Å². The summed E-state index contributed by atoms with van der Waals surface area (Å²) in [6.07, 6.45) is 0. The van der Waals surface area contributed by atoms with Gasteiger partial charge in [-0.3, -0.25) is 0 Å². The largest absolute Gasteiger partial charge is 0.463 e. The summed E-state index contributed by atoms with van der Waals surface area (Å²) in [5.74, 6) is -0.322. The molecule has 2 heterocycles. The Hall–Kier alpha value is -0.920. The number of carbonyl (C=O) groups is 1. The zero-order chi connectivity index (χ0) is 14.0. The Kier molecular flexibility index (Phi) is 4.59. The first-order valence-corrected chi connectivity index (χ1v) is 7.75. The third kappa shape index (κ3) is 3.16. The van der Waals surface area contributed by atoms with Crippen molar-refractivity contribution in [2.45, 2.75) is 19.9 Å². The summed E-state index contributed by atoms with van der Waals surface area (Å²) in [6.45, 7) is 3.97. The highest BCUT2D eigenvalue weighted by atomic mass is 79.9. The van der Waals surface area contributed by atoms with Crippen LogP contribution in [0.2, 0.25) is 0 Å². The molecule has 1 atom stereocenters. The molecule has 2 rings (SSSR count). The van der Waals surface area contributed by atoms with Crippen molar-refractivity contribution >= 4 is 50.6 Å². The lowest BCUT2D eigenvalue weighted by Crippen LogP contribution is -2.44. The summed E-state index contributed by atoms with van der Waals surface area (Å²) >= 11 is 10.1. The average Bonchev–Trinajstić information content (AvgIpc) is 2.75. The Bertz CT molecular complexity index is 554. The Morgan fingerprint density at radius 3 is 2.89 bits per heavy atom. The second-order valence-corrected chi connectivity index (χ2v) is 6.84. The summed E-state index contributed by atoms with van der Waals surface area (Å²) in [5.41, 5.74) is 1.31. The molecule has 7 heteroatoms. The molecule has 0 radical (unpaired) electrons. The minimum Gasteiger partial charge on any atom is -0.463 e. The number of thiophene rings is 1. The first-order valence-electron chi connectivity index (χ1n) is 5.73. The monoisotopic (exact) mass is 360 g/mol. The topological polar surface area (TPSA) is 50.4 Å². The van der Waals surface area contributed by atoms with Gasteiger partial charge in [0.25, 0.3) is 0 Å². The predicted octanol–water partition coefficient (Wildman–Crippen LogP) is 2.87. The van der Waals surface area contributed by atoms with Crippen LogP contribution >= 0.6 is 39.5 Å². The van der Waals surface area contributed by atoms with Crippen LogP contribution in [0.1, 0.15) is 24.8 Å². The molecule has 0 bridgehead atoms. The number of esters is 1. The predicted molar refractivity (Wildman–Crippen MR) is 83.0 cm³/mol. The van der Waals surface area contributed by atoms with E-state index in [1.54, 1.807) is 18.3 Å². The van der Waals surface area contributed by atoms with Crippen molar-refractivity contribution in [2.24, 2.45) is 0 Å². The van der Waals surface area contributed by atoms with Gasteiger partial charge in [0, 0.05) is 10.6 Å².